The number of nitrogens with one attached hydrogen (secondary N) is 1. The Labute approximate surface area is 151 Å². The number of pyridine rings is 1. The Balaban J connectivity index is 2.32. The predicted octanol–water partition coefficient (Wildman–Crippen LogP) is 2.19. The van der Waals surface area contributed by atoms with Crippen molar-refractivity contribution in [3.8, 4) is 5.82 Å². The number of amides is 1. The highest BCUT2D eigenvalue weighted by molar-refractivity contribution is 6.33. The van der Waals surface area contributed by atoms with Crippen molar-refractivity contribution in [1.29, 1.82) is 0 Å². The van der Waals surface area contributed by atoms with Crippen molar-refractivity contribution in [2.24, 2.45) is 0 Å². The molecule has 2 aromatic rings. The second-order valence-electron chi connectivity index (χ2n) is 5.59. The summed E-state index contributed by atoms with van der Waals surface area (Å²) in [6, 6.07) is 1.14. The molecule has 0 aliphatic rings. The quantitative estimate of drug-likeness (QED) is 0.867. The number of rotatable bonds is 4. The molecular formula is C15H15ClF3N5O2. The number of hydrogen-bond acceptors (Lipinski definition) is 5. The van der Waals surface area contributed by atoms with Gasteiger partial charge in [0.1, 0.15) is 11.1 Å². The fourth-order valence-corrected chi connectivity index (χ4v) is 2.24. The van der Waals surface area contributed by atoms with Gasteiger partial charge >= 0.3 is 6.18 Å². The van der Waals surface area contributed by atoms with E-state index in [0.29, 0.717) is 6.20 Å². The summed E-state index contributed by atoms with van der Waals surface area (Å²) >= 11 is 6.01. The van der Waals surface area contributed by atoms with Crippen LogP contribution in [0.3, 0.4) is 0 Å². The van der Waals surface area contributed by atoms with Crippen molar-refractivity contribution in [2.75, 3.05) is 19.4 Å². The lowest BCUT2D eigenvalue weighted by atomic mass is 10.2. The van der Waals surface area contributed by atoms with Gasteiger partial charge in [-0.2, -0.15) is 23.0 Å². The van der Waals surface area contributed by atoms with E-state index in [1.165, 1.54) is 11.1 Å². The molecule has 0 saturated carbocycles. The molecule has 0 spiro atoms. The number of nitrogens with zero attached hydrogens (tertiary/aromatic N) is 4. The van der Waals surface area contributed by atoms with E-state index < -0.39 is 23.3 Å². The van der Waals surface area contributed by atoms with Gasteiger partial charge in [-0.25, -0.2) is 4.98 Å². The predicted molar refractivity (Wildman–Crippen MR) is 89.4 cm³/mol. The Kier molecular flexibility index (Phi) is 5.55. The highest BCUT2D eigenvalue weighted by Gasteiger charge is 2.30. The number of halogens is 4. The molecule has 2 rings (SSSR count). The summed E-state index contributed by atoms with van der Waals surface area (Å²) in [5, 5.41) is 6.35. The molecule has 1 atom stereocenters. The van der Waals surface area contributed by atoms with Crippen LogP contribution >= 0.6 is 11.6 Å². The van der Waals surface area contributed by atoms with Gasteiger partial charge in [0.05, 0.1) is 17.4 Å². The maximum absolute atomic E-state index is 12.6. The van der Waals surface area contributed by atoms with Crippen LogP contribution in [0.15, 0.2) is 29.3 Å². The lowest BCUT2D eigenvalue weighted by Gasteiger charge is -2.19. The minimum Gasteiger partial charge on any atom is -0.371 e. The molecule has 0 fully saturated rings. The zero-order chi connectivity index (χ0) is 19.6. The van der Waals surface area contributed by atoms with Gasteiger partial charge in [-0.05, 0) is 19.1 Å². The van der Waals surface area contributed by atoms with Crippen LogP contribution in [0, 0.1) is 0 Å². The van der Waals surface area contributed by atoms with E-state index >= 15 is 0 Å². The molecule has 0 aromatic carbocycles. The van der Waals surface area contributed by atoms with Crippen LogP contribution in [0.4, 0.5) is 18.9 Å². The lowest BCUT2D eigenvalue weighted by Crippen LogP contribution is -2.37. The molecule has 1 amide bonds. The monoisotopic (exact) mass is 389 g/mol. The van der Waals surface area contributed by atoms with Crippen LogP contribution in [0.5, 0.6) is 0 Å². The molecule has 1 N–H and O–H groups in total. The number of carbonyl (C=O) groups excluding carboxylic acids is 1. The Morgan fingerprint density at radius 3 is 2.46 bits per heavy atom. The number of alkyl halides is 3. The highest BCUT2D eigenvalue weighted by atomic mass is 35.5. The van der Waals surface area contributed by atoms with E-state index in [1.54, 1.807) is 21.0 Å². The molecule has 0 unspecified atom stereocenters. The third kappa shape index (κ3) is 4.13. The van der Waals surface area contributed by atoms with Gasteiger partial charge in [0, 0.05) is 20.3 Å². The average Bonchev–Trinajstić information content (AvgIpc) is 2.57. The molecule has 140 valence electrons. The second-order valence-corrected chi connectivity index (χ2v) is 5.97. The number of likely N-dealkylation sites (N-methyl/N-ethyl adjacent to an activating group) is 1. The van der Waals surface area contributed by atoms with Crippen molar-refractivity contribution in [3.05, 3.63) is 45.5 Å². The van der Waals surface area contributed by atoms with Crippen LogP contribution in [0.2, 0.25) is 5.02 Å². The Morgan fingerprint density at radius 1 is 1.31 bits per heavy atom. The molecule has 26 heavy (non-hydrogen) atoms. The van der Waals surface area contributed by atoms with Gasteiger partial charge in [-0.3, -0.25) is 9.59 Å². The number of aromatic nitrogens is 3. The van der Waals surface area contributed by atoms with Crippen molar-refractivity contribution in [3.63, 3.8) is 0 Å². The van der Waals surface area contributed by atoms with Crippen LogP contribution in [-0.2, 0) is 11.0 Å². The highest BCUT2D eigenvalue weighted by Crippen LogP contribution is 2.28. The van der Waals surface area contributed by atoms with Crippen molar-refractivity contribution >= 4 is 23.2 Å². The van der Waals surface area contributed by atoms with Crippen LogP contribution in [-0.4, -0.2) is 45.7 Å². The van der Waals surface area contributed by atoms with Crippen molar-refractivity contribution in [1.82, 2.24) is 19.7 Å². The maximum Gasteiger partial charge on any atom is 0.417 e. The third-order valence-corrected chi connectivity index (χ3v) is 3.76. The summed E-state index contributed by atoms with van der Waals surface area (Å²) in [6.07, 6.45) is -2.74. The number of hydrogen-bond donors (Lipinski definition) is 1. The molecule has 2 heterocycles. The van der Waals surface area contributed by atoms with Gasteiger partial charge < -0.3 is 10.2 Å². The van der Waals surface area contributed by atoms with Crippen LogP contribution in [0.25, 0.3) is 5.82 Å². The van der Waals surface area contributed by atoms with E-state index in [-0.39, 0.29) is 22.4 Å². The first-order chi connectivity index (χ1) is 12.0. The molecule has 0 radical (unpaired) electrons. The lowest BCUT2D eigenvalue weighted by molar-refractivity contribution is -0.137. The summed E-state index contributed by atoms with van der Waals surface area (Å²) in [4.78, 5) is 29.2. The number of carbonyl (C=O) groups is 1. The summed E-state index contributed by atoms with van der Waals surface area (Å²) in [5.74, 6) is -0.358. The zero-order valence-electron chi connectivity index (χ0n) is 14.0. The van der Waals surface area contributed by atoms with Gasteiger partial charge in [0.2, 0.25) is 5.91 Å². The summed E-state index contributed by atoms with van der Waals surface area (Å²) in [6.45, 7) is 1.58. The first-order valence-corrected chi connectivity index (χ1v) is 7.69. The van der Waals surface area contributed by atoms with Gasteiger partial charge in [0.15, 0.2) is 5.82 Å². The fraction of sp³-hybridized carbons (Fsp3) is 0.333. The molecule has 2 aromatic heterocycles. The molecule has 0 saturated heterocycles. The minimum atomic E-state index is -4.54. The first-order valence-electron chi connectivity index (χ1n) is 7.31. The molecule has 0 bridgehead atoms. The molecule has 7 nitrogen and oxygen atoms in total. The average molecular weight is 390 g/mol. The van der Waals surface area contributed by atoms with E-state index in [9.17, 15) is 22.8 Å². The smallest absolute Gasteiger partial charge is 0.371 e. The molecule has 0 aliphatic carbocycles. The van der Waals surface area contributed by atoms with Crippen LogP contribution < -0.4 is 10.9 Å². The van der Waals surface area contributed by atoms with Gasteiger partial charge in [-0.1, -0.05) is 11.6 Å². The Hall–Kier alpha value is -2.62. The largest absolute Gasteiger partial charge is 0.417 e. The normalized spacial score (nSPS) is 12.6. The summed E-state index contributed by atoms with van der Waals surface area (Å²) < 4.78 is 38.5. The van der Waals surface area contributed by atoms with E-state index in [1.807, 2.05) is 0 Å². The Bertz CT molecular complexity index is 865. The maximum atomic E-state index is 12.6. The zero-order valence-corrected chi connectivity index (χ0v) is 14.8. The molecule has 0 aliphatic heterocycles. The second kappa shape index (κ2) is 7.32. The first kappa shape index (κ1) is 19.7. The van der Waals surface area contributed by atoms with E-state index in [4.69, 9.17) is 11.6 Å². The number of anilines is 1. The SMILES string of the molecule is C[C@H](Nc1cnn(-c2ccc(C(F)(F)F)cn2)c(=O)c1Cl)C(=O)N(C)C. The third-order valence-electron chi connectivity index (χ3n) is 3.39. The molecular weight excluding hydrogens is 375 g/mol. The van der Waals surface area contributed by atoms with Crippen molar-refractivity contribution < 1.29 is 18.0 Å². The topological polar surface area (TPSA) is 80.1 Å². The fourth-order valence-electron chi connectivity index (χ4n) is 2.06. The van der Waals surface area contributed by atoms with E-state index in [2.05, 4.69) is 15.4 Å². The Morgan fingerprint density at radius 2 is 1.96 bits per heavy atom. The van der Waals surface area contributed by atoms with Gasteiger partial charge in [0.25, 0.3) is 5.56 Å². The standard InChI is InChI=1S/C15H15ClF3N5O2/c1-8(13(25)23(2)3)22-10-7-21-24(14(26)12(10)16)11-5-4-9(6-20-11)15(17,18)19/h4-8,22H,1-3H3/t8-/m0/s1. The molecule has 11 heteroatoms. The van der Waals surface area contributed by atoms with Crippen LogP contribution in [0.1, 0.15) is 12.5 Å². The van der Waals surface area contributed by atoms with E-state index in [0.717, 1.165) is 16.8 Å². The summed E-state index contributed by atoms with van der Waals surface area (Å²) in [5.41, 5.74) is -1.61. The minimum absolute atomic E-state index is 0.117. The van der Waals surface area contributed by atoms with Crippen molar-refractivity contribution in [2.45, 2.75) is 19.1 Å². The summed E-state index contributed by atoms with van der Waals surface area (Å²) in [7, 11) is 3.16. The van der Waals surface area contributed by atoms with Gasteiger partial charge in [-0.15, -0.1) is 0 Å².